The molecule has 2 rings (SSSR count). The molecule has 0 amide bonds. The van der Waals surface area contributed by atoms with Gasteiger partial charge < -0.3 is 10.6 Å². The number of nitrogens with one attached hydrogen (secondary N) is 2. The maximum atomic E-state index is 4.91. The summed E-state index contributed by atoms with van der Waals surface area (Å²) in [6.07, 6.45) is 21.0. The average Bonchev–Trinajstić information content (AvgIpc) is 2.95. The van der Waals surface area contributed by atoms with Crippen molar-refractivity contribution in [1.82, 2.24) is 0 Å². The van der Waals surface area contributed by atoms with Crippen LogP contribution in [0.1, 0.15) is 117 Å². The quantitative estimate of drug-likeness (QED) is 0.0777. The normalized spacial score (nSPS) is 11.5. The van der Waals surface area contributed by atoms with Crippen LogP contribution in [0.25, 0.3) is 0 Å². The van der Waals surface area contributed by atoms with E-state index >= 15 is 0 Å². The Labute approximate surface area is 253 Å². The van der Waals surface area contributed by atoms with Crippen molar-refractivity contribution in [2.24, 2.45) is 9.98 Å². The van der Waals surface area contributed by atoms with Crippen LogP contribution in [0.15, 0.2) is 58.5 Å². The number of aliphatic imine (C=N–C) groups is 2. The average molecular weight is 625 g/mol. The van der Waals surface area contributed by atoms with E-state index in [4.69, 9.17) is 9.98 Å². The van der Waals surface area contributed by atoms with E-state index in [1.54, 1.807) is 0 Å². The zero-order valence-corrected chi connectivity index (χ0v) is 26.5. The molecule has 39 heavy (non-hydrogen) atoms. The first-order valence-electron chi connectivity index (χ1n) is 15.5. The van der Waals surface area contributed by atoms with E-state index in [0.29, 0.717) is 0 Å². The molecule has 0 spiro atoms. The molecule has 0 saturated heterocycles. The summed E-state index contributed by atoms with van der Waals surface area (Å²) in [6.45, 7) is 8.83. The van der Waals surface area contributed by atoms with Crippen LogP contribution in [0.4, 0.5) is 22.7 Å². The van der Waals surface area contributed by atoms with Crippen LogP contribution in [-0.2, 0) is 20.4 Å². The zero-order valence-electron chi connectivity index (χ0n) is 24.9. The van der Waals surface area contributed by atoms with Gasteiger partial charge in [-0.15, -0.1) is 0 Å². The third kappa shape index (κ3) is 17.4. The van der Waals surface area contributed by atoms with Gasteiger partial charge in [-0.1, -0.05) is 91.4 Å². The summed E-state index contributed by atoms with van der Waals surface area (Å²) < 4.78 is 0. The number of benzene rings is 2. The first kappa shape index (κ1) is 35.1. The van der Waals surface area contributed by atoms with Crippen LogP contribution in [0.2, 0.25) is 0 Å². The van der Waals surface area contributed by atoms with Crippen LogP contribution in [-0.4, -0.2) is 25.0 Å². The van der Waals surface area contributed by atoms with Crippen molar-refractivity contribution < 1.29 is 20.4 Å². The molecule has 5 heteroatoms. The molecule has 0 aromatic heterocycles. The van der Waals surface area contributed by atoms with Crippen LogP contribution in [0.3, 0.4) is 0 Å². The summed E-state index contributed by atoms with van der Waals surface area (Å²) in [4.78, 5) is 9.64. The Kier molecular flexibility index (Phi) is 21.5. The molecule has 2 aromatic carbocycles. The van der Waals surface area contributed by atoms with Crippen molar-refractivity contribution in [3.8, 4) is 0 Å². The first-order valence-corrected chi connectivity index (χ1v) is 15.5. The molecule has 2 aromatic rings. The topological polar surface area (TPSA) is 48.8 Å². The van der Waals surface area contributed by atoms with Crippen molar-refractivity contribution in [3.63, 3.8) is 0 Å². The number of rotatable bonds is 22. The molecule has 220 valence electrons. The van der Waals surface area contributed by atoms with Gasteiger partial charge in [0.25, 0.3) is 0 Å². The van der Waals surface area contributed by atoms with E-state index in [2.05, 4.69) is 79.9 Å². The Morgan fingerprint density at radius 1 is 0.564 bits per heavy atom. The smallest absolute Gasteiger partial charge is 0.0635 e. The van der Waals surface area contributed by atoms with Gasteiger partial charge in [-0.3, -0.25) is 9.98 Å². The van der Waals surface area contributed by atoms with Gasteiger partial charge in [-0.05, 0) is 74.2 Å². The minimum absolute atomic E-state index is 0. The number of unbranched alkanes of at least 4 members (excludes halogenated alkanes) is 11. The molecular formula is C34H54N4Pd. The minimum atomic E-state index is 0. The van der Waals surface area contributed by atoms with E-state index in [9.17, 15) is 0 Å². The molecule has 2 N–H and O–H groups in total. The first-order chi connectivity index (χ1) is 18.7. The molecule has 0 heterocycles. The SMILES string of the molecule is CCCCCCCCNc1ccc(N=CC(CCCC)=Nc2ccc(NCCCCCCCC)cc2)cc1.[Pd]. The third-order valence-electron chi connectivity index (χ3n) is 6.88. The molecule has 4 nitrogen and oxygen atoms in total. The van der Waals surface area contributed by atoms with E-state index in [-0.39, 0.29) is 20.4 Å². The van der Waals surface area contributed by atoms with Crippen LogP contribution >= 0.6 is 0 Å². The number of hydrogen-bond acceptors (Lipinski definition) is 4. The van der Waals surface area contributed by atoms with Crippen molar-refractivity contribution in [2.45, 2.75) is 117 Å². The van der Waals surface area contributed by atoms with Crippen molar-refractivity contribution in [1.29, 1.82) is 0 Å². The van der Waals surface area contributed by atoms with Crippen LogP contribution in [0.5, 0.6) is 0 Å². The summed E-state index contributed by atoms with van der Waals surface area (Å²) in [5.74, 6) is 0. The number of nitrogens with zero attached hydrogens (tertiary/aromatic N) is 2. The number of hydrogen-bond donors (Lipinski definition) is 2. The largest absolute Gasteiger partial charge is 0.385 e. The van der Waals surface area contributed by atoms with Gasteiger partial charge in [0.2, 0.25) is 0 Å². The summed E-state index contributed by atoms with van der Waals surface area (Å²) in [5.41, 5.74) is 5.33. The molecule has 0 aliphatic heterocycles. The molecule has 0 aliphatic carbocycles. The fraction of sp³-hybridized carbons (Fsp3) is 0.588. The maximum Gasteiger partial charge on any atom is 0.0635 e. The zero-order chi connectivity index (χ0) is 27.1. The molecule has 0 saturated carbocycles. The molecule has 0 bridgehead atoms. The van der Waals surface area contributed by atoms with Gasteiger partial charge in [0, 0.05) is 51.1 Å². The van der Waals surface area contributed by atoms with Crippen molar-refractivity contribution in [3.05, 3.63) is 48.5 Å². The Morgan fingerprint density at radius 3 is 1.49 bits per heavy atom. The Bertz CT molecular complexity index is 890. The predicted molar refractivity (Wildman–Crippen MR) is 171 cm³/mol. The molecule has 0 radical (unpaired) electrons. The van der Waals surface area contributed by atoms with Gasteiger partial charge in [0.1, 0.15) is 0 Å². The fourth-order valence-corrected chi connectivity index (χ4v) is 4.42. The molecule has 0 atom stereocenters. The maximum absolute atomic E-state index is 4.91. The minimum Gasteiger partial charge on any atom is -0.385 e. The van der Waals surface area contributed by atoms with Crippen molar-refractivity contribution in [2.75, 3.05) is 23.7 Å². The predicted octanol–water partition coefficient (Wildman–Crippen LogP) is 10.9. The summed E-state index contributed by atoms with van der Waals surface area (Å²) in [5, 5.41) is 7.09. The number of anilines is 2. The molecular weight excluding hydrogens is 571 g/mol. The van der Waals surface area contributed by atoms with E-state index in [0.717, 1.165) is 49.4 Å². The monoisotopic (exact) mass is 624 g/mol. The summed E-state index contributed by atoms with van der Waals surface area (Å²) in [7, 11) is 0. The Hall–Kier alpha value is -1.96. The Morgan fingerprint density at radius 2 is 1.00 bits per heavy atom. The van der Waals surface area contributed by atoms with Crippen molar-refractivity contribution >= 4 is 34.7 Å². The van der Waals surface area contributed by atoms with Crippen LogP contribution in [0, 0.1) is 0 Å². The third-order valence-corrected chi connectivity index (χ3v) is 6.88. The van der Waals surface area contributed by atoms with Gasteiger partial charge in [0.15, 0.2) is 0 Å². The summed E-state index contributed by atoms with van der Waals surface area (Å²) in [6, 6.07) is 16.9. The molecule has 0 fully saturated rings. The van der Waals surface area contributed by atoms with Crippen LogP contribution < -0.4 is 10.6 Å². The van der Waals surface area contributed by atoms with Gasteiger partial charge >= 0.3 is 0 Å². The van der Waals surface area contributed by atoms with Gasteiger partial charge in [-0.25, -0.2) is 0 Å². The fourth-order valence-electron chi connectivity index (χ4n) is 4.42. The van der Waals surface area contributed by atoms with Gasteiger partial charge in [-0.2, -0.15) is 0 Å². The Balaban J connectivity index is 0.00000760. The van der Waals surface area contributed by atoms with E-state index in [1.165, 1.54) is 88.4 Å². The standard InChI is InChI=1S/C34H54N4.Pd/c1-4-7-10-12-14-16-27-35-30-19-21-32(22-20-30)37-29-34(18-9-6-3)38-33-25-23-31(24-26-33)36-28-17-15-13-11-8-5-2;/h19-26,29,35-36H,4-18,27-28H2,1-3H3;. The molecule has 0 aliphatic rings. The second-order valence-electron chi connectivity index (χ2n) is 10.4. The van der Waals surface area contributed by atoms with E-state index < -0.39 is 0 Å². The van der Waals surface area contributed by atoms with E-state index in [1.807, 2.05) is 6.21 Å². The molecule has 0 unspecified atom stereocenters. The second kappa shape index (κ2) is 23.9. The van der Waals surface area contributed by atoms with Gasteiger partial charge in [0.05, 0.1) is 17.1 Å². The summed E-state index contributed by atoms with van der Waals surface area (Å²) >= 11 is 0. The second-order valence-corrected chi connectivity index (χ2v) is 10.4.